The Hall–Kier alpha value is -4.57. The molecule has 0 atom stereocenters. The maximum atomic E-state index is 15.4. The van der Waals surface area contributed by atoms with Crippen molar-refractivity contribution in [2.45, 2.75) is 51.0 Å². The van der Waals surface area contributed by atoms with Gasteiger partial charge < -0.3 is 10.1 Å². The van der Waals surface area contributed by atoms with Crippen LogP contribution in [0.25, 0.3) is 10.9 Å². The second-order valence-corrected chi connectivity index (χ2v) is 13.5. The van der Waals surface area contributed by atoms with Crippen LogP contribution in [0.1, 0.15) is 37.5 Å². The number of carbonyl (C=O) groups is 1. The molecule has 0 radical (unpaired) electrons. The molecule has 10 heteroatoms. The summed E-state index contributed by atoms with van der Waals surface area (Å²) in [6.07, 6.45) is 5.19. The smallest absolute Gasteiger partial charge is 0.228 e. The van der Waals surface area contributed by atoms with Crippen molar-refractivity contribution < 1.29 is 22.3 Å². The molecular formula is C33H33FN4O4S. The van der Waals surface area contributed by atoms with Crippen molar-refractivity contribution in [3.8, 4) is 11.5 Å². The fourth-order valence-corrected chi connectivity index (χ4v) is 6.00. The third-order valence-electron chi connectivity index (χ3n) is 6.95. The number of benzene rings is 3. The summed E-state index contributed by atoms with van der Waals surface area (Å²) in [6, 6.07) is 18.6. The normalized spacial score (nSPS) is 11.9. The van der Waals surface area contributed by atoms with E-state index in [1.807, 2.05) is 51.1 Å². The molecule has 5 aromatic rings. The number of halogens is 1. The number of carbonyl (C=O) groups excluding carboxylic acids is 1. The van der Waals surface area contributed by atoms with Gasteiger partial charge in [0, 0.05) is 17.8 Å². The Morgan fingerprint density at radius 2 is 1.79 bits per heavy atom. The molecule has 0 spiro atoms. The van der Waals surface area contributed by atoms with E-state index in [4.69, 9.17) is 4.74 Å². The highest BCUT2D eigenvalue weighted by Gasteiger charge is 2.19. The average Bonchev–Trinajstić information content (AvgIpc) is 3.43. The minimum absolute atomic E-state index is 0.0135. The summed E-state index contributed by atoms with van der Waals surface area (Å²) in [7, 11) is -3.60. The number of sulfone groups is 1. The summed E-state index contributed by atoms with van der Waals surface area (Å²) in [5.41, 5.74) is 2.75. The summed E-state index contributed by atoms with van der Waals surface area (Å²) in [5, 5.41) is 7.52. The molecule has 1 amide bonds. The van der Waals surface area contributed by atoms with E-state index in [9.17, 15) is 13.2 Å². The van der Waals surface area contributed by atoms with E-state index in [1.54, 1.807) is 42.2 Å². The Morgan fingerprint density at radius 1 is 1.02 bits per heavy atom. The monoisotopic (exact) mass is 600 g/mol. The lowest BCUT2D eigenvalue weighted by Crippen LogP contribution is -2.22. The molecule has 8 nitrogen and oxygen atoms in total. The molecule has 0 bridgehead atoms. The molecule has 0 saturated heterocycles. The van der Waals surface area contributed by atoms with Crippen LogP contribution in [0.2, 0.25) is 0 Å². The number of rotatable bonds is 9. The van der Waals surface area contributed by atoms with Gasteiger partial charge in [0.1, 0.15) is 5.75 Å². The van der Waals surface area contributed by atoms with Gasteiger partial charge in [-0.1, -0.05) is 36.4 Å². The zero-order valence-electron chi connectivity index (χ0n) is 24.5. The van der Waals surface area contributed by atoms with Gasteiger partial charge in [-0.05, 0) is 81.1 Å². The number of aromatic nitrogens is 3. The van der Waals surface area contributed by atoms with Gasteiger partial charge in [-0.2, -0.15) is 5.10 Å². The SMILES string of the molecule is Cc1cc(CC(=O)Nc2cnn(C(C)(C)C)c2)cc(F)c1Oc1ccnc2ccc(S(=O)(=O)CCc3ccccc3)cc12. The van der Waals surface area contributed by atoms with Gasteiger partial charge in [0.05, 0.1) is 40.0 Å². The van der Waals surface area contributed by atoms with Crippen LogP contribution >= 0.6 is 0 Å². The first-order chi connectivity index (χ1) is 20.4. The van der Waals surface area contributed by atoms with E-state index in [0.29, 0.717) is 34.1 Å². The Balaban J connectivity index is 1.34. The number of anilines is 1. The van der Waals surface area contributed by atoms with Crippen molar-refractivity contribution >= 4 is 32.3 Å². The first-order valence-electron chi connectivity index (χ1n) is 13.9. The second kappa shape index (κ2) is 12.0. The molecule has 0 saturated carbocycles. The van der Waals surface area contributed by atoms with Crippen molar-refractivity contribution in [1.82, 2.24) is 14.8 Å². The van der Waals surface area contributed by atoms with Gasteiger partial charge in [0.15, 0.2) is 21.4 Å². The predicted octanol–water partition coefficient (Wildman–Crippen LogP) is 6.62. The summed E-state index contributed by atoms with van der Waals surface area (Å²) < 4.78 is 49.4. The molecule has 2 heterocycles. The molecule has 0 fully saturated rings. The van der Waals surface area contributed by atoms with Crippen LogP contribution in [0.3, 0.4) is 0 Å². The van der Waals surface area contributed by atoms with Gasteiger partial charge in [-0.15, -0.1) is 0 Å². The lowest BCUT2D eigenvalue weighted by molar-refractivity contribution is -0.115. The summed E-state index contributed by atoms with van der Waals surface area (Å²) >= 11 is 0. The maximum Gasteiger partial charge on any atom is 0.228 e. The van der Waals surface area contributed by atoms with Gasteiger partial charge >= 0.3 is 0 Å². The van der Waals surface area contributed by atoms with E-state index in [-0.39, 0.29) is 40.0 Å². The molecule has 0 aliphatic carbocycles. The number of aryl methyl sites for hydroxylation is 2. The first kappa shape index (κ1) is 29.9. The van der Waals surface area contributed by atoms with E-state index in [1.165, 1.54) is 24.4 Å². The number of pyridine rings is 1. The van der Waals surface area contributed by atoms with Crippen molar-refractivity contribution in [3.63, 3.8) is 0 Å². The first-order valence-corrected chi connectivity index (χ1v) is 15.5. The topological polar surface area (TPSA) is 103 Å². The zero-order valence-corrected chi connectivity index (χ0v) is 25.3. The highest BCUT2D eigenvalue weighted by molar-refractivity contribution is 7.91. The largest absolute Gasteiger partial charge is 0.453 e. The van der Waals surface area contributed by atoms with Crippen LogP contribution in [0.15, 0.2) is 90.2 Å². The number of nitrogens with zero attached hydrogens (tertiary/aromatic N) is 3. The summed E-state index contributed by atoms with van der Waals surface area (Å²) in [5.74, 6) is -0.739. The quantitative estimate of drug-likeness (QED) is 0.204. The molecule has 5 rings (SSSR count). The Kier molecular flexibility index (Phi) is 8.32. The van der Waals surface area contributed by atoms with E-state index >= 15 is 4.39 Å². The highest BCUT2D eigenvalue weighted by atomic mass is 32.2. The van der Waals surface area contributed by atoms with E-state index < -0.39 is 15.7 Å². The van der Waals surface area contributed by atoms with Gasteiger partial charge in [0.2, 0.25) is 5.91 Å². The lowest BCUT2D eigenvalue weighted by atomic mass is 10.1. The van der Waals surface area contributed by atoms with Gasteiger partial charge in [-0.3, -0.25) is 14.5 Å². The molecule has 0 aliphatic rings. The number of amides is 1. The third-order valence-corrected chi connectivity index (χ3v) is 8.67. The lowest BCUT2D eigenvalue weighted by Gasteiger charge is -2.18. The molecular weight excluding hydrogens is 567 g/mol. The second-order valence-electron chi connectivity index (χ2n) is 11.4. The Labute approximate surface area is 250 Å². The molecule has 2 aromatic heterocycles. The summed E-state index contributed by atoms with van der Waals surface area (Å²) in [4.78, 5) is 17.1. The molecule has 0 unspecified atom stereocenters. The molecule has 0 aliphatic heterocycles. The Bertz CT molecular complexity index is 1870. The standard InChI is InChI=1S/C33H33FN4O4S/c1-22-16-24(18-31(39)37-25-20-36-38(21-25)33(2,3)4)17-28(34)32(22)42-30-12-14-35-29-11-10-26(19-27(29)30)43(40,41)15-13-23-8-6-5-7-9-23/h5-12,14,16-17,19-21H,13,15,18H2,1-4H3,(H,37,39). The van der Waals surface area contributed by atoms with Crippen LogP contribution in [0.5, 0.6) is 11.5 Å². The fourth-order valence-electron chi connectivity index (χ4n) is 4.69. The van der Waals surface area contributed by atoms with Crippen LogP contribution in [-0.4, -0.2) is 34.8 Å². The highest BCUT2D eigenvalue weighted by Crippen LogP contribution is 2.34. The maximum absolute atomic E-state index is 15.4. The zero-order chi connectivity index (χ0) is 30.8. The predicted molar refractivity (Wildman–Crippen MR) is 165 cm³/mol. The minimum atomic E-state index is -3.60. The molecule has 43 heavy (non-hydrogen) atoms. The molecule has 3 aromatic carbocycles. The van der Waals surface area contributed by atoms with Crippen LogP contribution in [-0.2, 0) is 33.0 Å². The van der Waals surface area contributed by atoms with Crippen LogP contribution in [0, 0.1) is 12.7 Å². The minimum Gasteiger partial charge on any atom is -0.453 e. The van der Waals surface area contributed by atoms with Gasteiger partial charge in [0.25, 0.3) is 0 Å². The Morgan fingerprint density at radius 3 is 2.49 bits per heavy atom. The van der Waals surface area contributed by atoms with Crippen molar-refractivity contribution in [1.29, 1.82) is 0 Å². The van der Waals surface area contributed by atoms with Gasteiger partial charge in [-0.25, -0.2) is 12.8 Å². The number of fused-ring (bicyclic) bond motifs is 1. The fraction of sp³-hybridized carbons (Fsp3) is 0.242. The number of nitrogens with one attached hydrogen (secondary N) is 1. The van der Waals surface area contributed by atoms with E-state index in [0.717, 1.165) is 5.56 Å². The molecule has 1 N–H and O–H groups in total. The van der Waals surface area contributed by atoms with Crippen LogP contribution < -0.4 is 10.1 Å². The van der Waals surface area contributed by atoms with Crippen molar-refractivity contribution in [3.05, 3.63) is 108 Å². The average molecular weight is 601 g/mol. The summed E-state index contributed by atoms with van der Waals surface area (Å²) in [6.45, 7) is 7.70. The number of ether oxygens (including phenoxy) is 1. The van der Waals surface area contributed by atoms with Crippen molar-refractivity contribution in [2.24, 2.45) is 0 Å². The number of hydrogen-bond donors (Lipinski definition) is 1. The van der Waals surface area contributed by atoms with E-state index in [2.05, 4.69) is 15.4 Å². The van der Waals surface area contributed by atoms with Crippen molar-refractivity contribution in [2.75, 3.05) is 11.1 Å². The third kappa shape index (κ3) is 7.09. The van der Waals surface area contributed by atoms with Crippen LogP contribution in [0.4, 0.5) is 10.1 Å². The number of hydrogen-bond acceptors (Lipinski definition) is 6. The molecule has 222 valence electrons.